The molecule has 0 aromatic heterocycles. The van der Waals surface area contributed by atoms with Crippen LogP contribution in [0.2, 0.25) is 0 Å². The van der Waals surface area contributed by atoms with Gasteiger partial charge in [-0.15, -0.1) is 0 Å². The summed E-state index contributed by atoms with van der Waals surface area (Å²) < 4.78 is 22.5. The lowest BCUT2D eigenvalue weighted by Gasteiger charge is -2.22. The molecule has 0 N–H and O–H groups in total. The molecule has 0 aliphatic rings. The Labute approximate surface area is 101 Å². The minimum absolute atomic E-state index is 0.0799. The molecule has 2 atom stereocenters. The number of carbonyl (C=O) groups excluding carboxylic acids is 1. The predicted octanol–water partition coefficient (Wildman–Crippen LogP) is 2.19. The van der Waals surface area contributed by atoms with E-state index in [1.807, 2.05) is 6.07 Å². The van der Waals surface area contributed by atoms with E-state index in [1.165, 1.54) is 14.2 Å². The number of ether oxygens (including phenoxy) is 1. The average Bonchev–Trinajstić information content (AvgIpc) is 2.38. The number of benzene rings is 1. The fourth-order valence-electron chi connectivity index (χ4n) is 1.62. The van der Waals surface area contributed by atoms with E-state index in [1.54, 1.807) is 31.2 Å². The lowest BCUT2D eigenvalue weighted by Crippen LogP contribution is -2.19. The van der Waals surface area contributed by atoms with Crippen LogP contribution in [0.1, 0.15) is 13.3 Å². The smallest absolute Gasteiger partial charge is 0.306 e. The van der Waals surface area contributed by atoms with E-state index in [9.17, 15) is 9.36 Å². The maximum atomic E-state index is 12.7. The molecule has 0 saturated carbocycles. The number of methoxy groups -OCH3 is 1. The van der Waals surface area contributed by atoms with Crippen molar-refractivity contribution >= 4 is 18.6 Å². The fraction of sp³-hybridized carbons (Fsp3) is 0.417. The van der Waals surface area contributed by atoms with E-state index < -0.39 is 13.0 Å². The Bertz CT molecular complexity index is 416. The minimum Gasteiger partial charge on any atom is -0.469 e. The van der Waals surface area contributed by atoms with E-state index in [0.29, 0.717) is 5.30 Å². The Hall–Kier alpha value is -1.12. The van der Waals surface area contributed by atoms with Gasteiger partial charge in [-0.3, -0.25) is 9.36 Å². The molecule has 1 rings (SSSR count). The highest BCUT2D eigenvalue weighted by molar-refractivity contribution is 7.67. The van der Waals surface area contributed by atoms with E-state index in [4.69, 9.17) is 4.52 Å². The van der Waals surface area contributed by atoms with Crippen molar-refractivity contribution in [2.45, 2.75) is 19.0 Å². The van der Waals surface area contributed by atoms with Gasteiger partial charge in [-0.25, -0.2) is 0 Å². The van der Waals surface area contributed by atoms with Crippen molar-refractivity contribution in [3.05, 3.63) is 30.3 Å². The zero-order chi connectivity index (χ0) is 12.9. The highest BCUT2D eigenvalue weighted by atomic mass is 31.2. The molecule has 1 aromatic rings. The van der Waals surface area contributed by atoms with Crippen LogP contribution in [0, 0.1) is 0 Å². The number of hydrogen-bond acceptors (Lipinski definition) is 4. The van der Waals surface area contributed by atoms with E-state index in [2.05, 4.69) is 4.74 Å². The molecule has 0 fully saturated rings. The summed E-state index contributed by atoms with van der Waals surface area (Å²) >= 11 is 0. The molecule has 94 valence electrons. The molecule has 5 heteroatoms. The van der Waals surface area contributed by atoms with Gasteiger partial charge in [-0.05, 0) is 12.1 Å². The molecule has 4 nitrogen and oxygen atoms in total. The van der Waals surface area contributed by atoms with Crippen molar-refractivity contribution in [3.8, 4) is 0 Å². The summed E-state index contributed by atoms with van der Waals surface area (Å²) in [6.45, 7) is 1.73. The molecule has 0 radical (unpaired) electrons. The zero-order valence-electron chi connectivity index (χ0n) is 10.3. The predicted molar refractivity (Wildman–Crippen MR) is 66.8 cm³/mol. The van der Waals surface area contributed by atoms with Crippen LogP contribution < -0.4 is 5.30 Å². The molecule has 0 saturated heterocycles. The lowest BCUT2D eigenvalue weighted by molar-refractivity contribution is -0.140. The van der Waals surface area contributed by atoms with Gasteiger partial charge in [0.15, 0.2) is 0 Å². The molecule has 2 unspecified atom stereocenters. The Morgan fingerprint density at radius 2 is 1.88 bits per heavy atom. The van der Waals surface area contributed by atoms with Crippen LogP contribution in [0.3, 0.4) is 0 Å². The summed E-state index contributed by atoms with van der Waals surface area (Å²) in [6.07, 6.45) is 0.0799. The zero-order valence-corrected chi connectivity index (χ0v) is 11.1. The first-order valence-corrected chi connectivity index (χ1v) is 7.02. The quantitative estimate of drug-likeness (QED) is 0.598. The van der Waals surface area contributed by atoms with E-state index in [-0.39, 0.29) is 12.4 Å². The average molecular weight is 256 g/mol. The molecule has 0 amide bonds. The maximum absolute atomic E-state index is 12.7. The monoisotopic (exact) mass is 256 g/mol. The third-order valence-electron chi connectivity index (χ3n) is 2.66. The van der Waals surface area contributed by atoms with Gasteiger partial charge in [0, 0.05) is 18.1 Å². The Kier molecular flexibility index (Phi) is 4.91. The second-order valence-corrected chi connectivity index (χ2v) is 6.70. The van der Waals surface area contributed by atoms with Gasteiger partial charge in [-0.1, -0.05) is 25.1 Å². The number of hydrogen-bond donors (Lipinski definition) is 0. The van der Waals surface area contributed by atoms with Crippen molar-refractivity contribution in [2.75, 3.05) is 14.2 Å². The maximum Gasteiger partial charge on any atom is 0.306 e. The third kappa shape index (κ3) is 3.18. The minimum atomic E-state index is -3.01. The number of rotatable bonds is 5. The second kappa shape index (κ2) is 5.99. The van der Waals surface area contributed by atoms with Gasteiger partial charge < -0.3 is 9.26 Å². The van der Waals surface area contributed by atoms with Crippen molar-refractivity contribution < 1.29 is 18.6 Å². The van der Waals surface area contributed by atoms with Gasteiger partial charge in [0.2, 0.25) is 7.37 Å². The van der Waals surface area contributed by atoms with Crippen LogP contribution in [0.25, 0.3) is 0 Å². The number of esters is 1. The molecule has 0 heterocycles. The van der Waals surface area contributed by atoms with Gasteiger partial charge in [0.05, 0.1) is 13.5 Å². The topological polar surface area (TPSA) is 52.6 Å². The largest absolute Gasteiger partial charge is 0.469 e. The highest BCUT2D eigenvalue weighted by Crippen LogP contribution is 2.51. The molecule has 0 bridgehead atoms. The third-order valence-corrected chi connectivity index (χ3v) is 5.56. The first-order valence-electron chi connectivity index (χ1n) is 5.32. The first kappa shape index (κ1) is 13.9. The Balaban J connectivity index is 2.97. The van der Waals surface area contributed by atoms with E-state index >= 15 is 0 Å². The van der Waals surface area contributed by atoms with Crippen molar-refractivity contribution in [1.82, 2.24) is 0 Å². The molecule has 1 aromatic carbocycles. The fourth-order valence-corrected chi connectivity index (χ4v) is 3.68. The van der Waals surface area contributed by atoms with Crippen LogP contribution in [0.15, 0.2) is 30.3 Å². The Morgan fingerprint density at radius 1 is 1.29 bits per heavy atom. The SMILES string of the molecule is COC(=O)CC(C)P(=O)(OC)c1ccccc1. The lowest BCUT2D eigenvalue weighted by atomic mass is 10.3. The van der Waals surface area contributed by atoms with Crippen LogP contribution in [-0.2, 0) is 18.6 Å². The summed E-state index contributed by atoms with van der Waals surface area (Å²) in [5.41, 5.74) is -0.401. The molecular weight excluding hydrogens is 239 g/mol. The summed E-state index contributed by atoms with van der Waals surface area (Å²) in [7, 11) is -0.292. The van der Waals surface area contributed by atoms with Crippen LogP contribution >= 0.6 is 7.37 Å². The molecule has 0 spiro atoms. The van der Waals surface area contributed by atoms with Gasteiger partial charge in [0.1, 0.15) is 0 Å². The summed E-state index contributed by atoms with van der Waals surface area (Å²) in [5.74, 6) is -0.384. The van der Waals surface area contributed by atoms with Crippen molar-refractivity contribution in [2.24, 2.45) is 0 Å². The van der Waals surface area contributed by atoms with Crippen LogP contribution in [0.5, 0.6) is 0 Å². The van der Waals surface area contributed by atoms with E-state index in [0.717, 1.165) is 0 Å². The molecular formula is C12H17O4P. The molecule has 0 aliphatic heterocycles. The Morgan fingerprint density at radius 3 is 2.35 bits per heavy atom. The summed E-state index contributed by atoms with van der Waals surface area (Å²) in [4.78, 5) is 11.2. The second-order valence-electron chi connectivity index (χ2n) is 3.74. The summed E-state index contributed by atoms with van der Waals surface area (Å²) in [5, 5.41) is 0.624. The molecule has 0 aliphatic carbocycles. The number of carbonyl (C=O) groups is 1. The van der Waals surface area contributed by atoms with Crippen LogP contribution in [-0.4, -0.2) is 25.8 Å². The highest BCUT2D eigenvalue weighted by Gasteiger charge is 2.33. The van der Waals surface area contributed by atoms with Gasteiger partial charge >= 0.3 is 5.97 Å². The first-order chi connectivity index (χ1) is 8.04. The van der Waals surface area contributed by atoms with Gasteiger partial charge in [0.25, 0.3) is 0 Å². The van der Waals surface area contributed by atoms with Crippen LogP contribution in [0.4, 0.5) is 0 Å². The standard InChI is InChI=1S/C12H17O4P/c1-10(9-12(13)15-2)17(14,16-3)11-7-5-4-6-8-11/h4-8,10H,9H2,1-3H3. The molecule has 17 heavy (non-hydrogen) atoms. The van der Waals surface area contributed by atoms with Gasteiger partial charge in [-0.2, -0.15) is 0 Å². The normalized spacial score (nSPS) is 15.9. The van der Waals surface area contributed by atoms with Crippen molar-refractivity contribution in [3.63, 3.8) is 0 Å². The van der Waals surface area contributed by atoms with Crippen molar-refractivity contribution in [1.29, 1.82) is 0 Å². The summed E-state index contributed by atoms with van der Waals surface area (Å²) in [6, 6.07) is 8.93.